The maximum absolute atomic E-state index is 6.13. The molecule has 0 amide bonds. The zero-order valence-electron chi connectivity index (χ0n) is 9.44. The standard InChI is InChI=1S/C13H16N2S/c1-8-5-6-11-12(7-8)16-13(15-11)9-3-2-4-10(9)14/h5-7,9-10H,2-4,14H2,1H3. The molecular weight excluding hydrogens is 216 g/mol. The van der Waals surface area contributed by atoms with Gasteiger partial charge in [0, 0.05) is 12.0 Å². The molecular formula is C13H16N2S. The summed E-state index contributed by atoms with van der Waals surface area (Å²) in [6.45, 7) is 2.13. The second-order valence-electron chi connectivity index (χ2n) is 4.72. The zero-order chi connectivity index (χ0) is 11.1. The molecule has 84 valence electrons. The van der Waals surface area contributed by atoms with E-state index in [1.165, 1.54) is 28.1 Å². The lowest BCUT2D eigenvalue weighted by Crippen LogP contribution is -2.22. The highest BCUT2D eigenvalue weighted by molar-refractivity contribution is 7.18. The van der Waals surface area contributed by atoms with E-state index >= 15 is 0 Å². The Kier molecular flexibility index (Phi) is 2.45. The largest absolute Gasteiger partial charge is 0.327 e. The summed E-state index contributed by atoms with van der Waals surface area (Å²) in [6.07, 6.45) is 3.61. The fourth-order valence-corrected chi connectivity index (χ4v) is 3.78. The second-order valence-corrected chi connectivity index (χ2v) is 5.79. The van der Waals surface area contributed by atoms with Gasteiger partial charge < -0.3 is 5.73 Å². The highest BCUT2D eigenvalue weighted by atomic mass is 32.1. The molecule has 1 fully saturated rings. The Morgan fingerprint density at radius 2 is 2.25 bits per heavy atom. The Balaban J connectivity index is 2.04. The number of thiazole rings is 1. The van der Waals surface area contributed by atoms with Crippen LogP contribution in [0.25, 0.3) is 10.2 Å². The second kappa shape index (κ2) is 3.82. The smallest absolute Gasteiger partial charge is 0.0984 e. The maximum atomic E-state index is 6.13. The molecule has 3 rings (SSSR count). The normalized spacial score (nSPS) is 25.4. The summed E-state index contributed by atoms with van der Waals surface area (Å²) in [7, 11) is 0. The predicted octanol–water partition coefficient (Wildman–Crippen LogP) is 3.20. The number of nitrogens with zero attached hydrogens (tertiary/aromatic N) is 1. The molecule has 0 radical (unpaired) electrons. The molecule has 16 heavy (non-hydrogen) atoms. The van der Waals surface area contributed by atoms with E-state index in [2.05, 4.69) is 25.1 Å². The molecule has 1 aliphatic carbocycles. The van der Waals surface area contributed by atoms with Crippen molar-refractivity contribution < 1.29 is 0 Å². The van der Waals surface area contributed by atoms with Crippen LogP contribution in [0.2, 0.25) is 0 Å². The van der Waals surface area contributed by atoms with Gasteiger partial charge in [0.05, 0.1) is 15.2 Å². The van der Waals surface area contributed by atoms with Gasteiger partial charge in [-0.3, -0.25) is 0 Å². The summed E-state index contributed by atoms with van der Waals surface area (Å²) in [5.74, 6) is 0.498. The lowest BCUT2D eigenvalue weighted by atomic mass is 10.1. The lowest BCUT2D eigenvalue weighted by molar-refractivity contribution is 0.611. The van der Waals surface area contributed by atoms with Gasteiger partial charge in [-0.25, -0.2) is 4.98 Å². The van der Waals surface area contributed by atoms with E-state index < -0.39 is 0 Å². The molecule has 2 nitrogen and oxygen atoms in total. The summed E-state index contributed by atoms with van der Waals surface area (Å²) in [6, 6.07) is 6.78. The summed E-state index contributed by atoms with van der Waals surface area (Å²) in [5.41, 5.74) is 8.56. The van der Waals surface area contributed by atoms with Gasteiger partial charge in [-0.05, 0) is 37.5 Å². The van der Waals surface area contributed by atoms with Crippen molar-refractivity contribution in [3.8, 4) is 0 Å². The van der Waals surface area contributed by atoms with Gasteiger partial charge in [-0.2, -0.15) is 0 Å². The predicted molar refractivity (Wildman–Crippen MR) is 68.9 cm³/mol. The Morgan fingerprint density at radius 1 is 1.38 bits per heavy atom. The number of nitrogens with two attached hydrogens (primary N) is 1. The maximum Gasteiger partial charge on any atom is 0.0984 e. The number of hydrogen-bond acceptors (Lipinski definition) is 3. The van der Waals surface area contributed by atoms with Crippen molar-refractivity contribution in [1.29, 1.82) is 0 Å². The molecule has 1 saturated carbocycles. The van der Waals surface area contributed by atoms with Crippen molar-refractivity contribution in [3.63, 3.8) is 0 Å². The third kappa shape index (κ3) is 1.64. The van der Waals surface area contributed by atoms with Crippen LogP contribution in [0.1, 0.15) is 35.8 Å². The molecule has 1 aromatic heterocycles. The molecule has 1 aliphatic rings. The fourth-order valence-electron chi connectivity index (χ4n) is 2.50. The van der Waals surface area contributed by atoms with E-state index in [1.54, 1.807) is 0 Å². The van der Waals surface area contributed by atoms with Crippen LogP contribution >= 0.6 is 11.3 Å². The van der Waals surface area contributed by atoms with Crippen LogP contribution < -0.4 is 5.73 Å². The Morgan fingerprint density at radius 3 is 3.00 bits per heavy atom. The van der Waals surface area contributed by atoms with Gasteiger partial charge in [0.2, 0.25) is 0 Å². The first-order valence-corrected chi connectivity index (χ1v) is 6.68. The van der Waals surface area contributed by atoms with Crippen molar-refractivity contribution >= 4 is 21.6 Å². The van der Waals surface area contributed by atoms with Crippen molar-refractivity contribution in [2.24, 2.45) is 5.73 Å². The van der Waals surface area contributed by atoms with Crippen LogP contribution in [0.15, 0.2) is 18.2 Å². The first-order valence-electron chi connectivity index (χ1n) is 5.87. The van der Waals surface area contributed by atoms with Gasteiger partial charge in [0.25, 0.3) is 0 Å². The van der Waals surface area contributed by atoms with Crippen LogP contribution in [0.4, 0.5) is 0 Å². The molecule has 2 N–H and O–H groups in total. The van der Waals surface area contributed by atoms with E-state index in [0.717, 1.165) is 11.9 Å². The molecule has 2 unspecified atom stereocenters. The number of aromatic nitrogens is 1. The van der Waals surface area contributed by atoms with Crippen LogP contribution in [-0.4, -0.2) is 11.0 Å². The first kappa shape index (κ1) is 10.2. The Bertz CT molecular complexity index is 518. The van der Waals surface area contributed by atoms with Crippen molar-refractivity contribution in [3.05, 3.63) is 28.8 Å². The van der Waals surface area contributed by atoms with Crippen molar-refractivity contribution in [2.45, 2.75) is 38.1 Å². The summed E-state index contributed by atoms with van der Waals surface area (Å²) >= 11 is 1.82. The molecule has 0 aliphatic heterocycles. The third-order valence-electron chi connectivity index (χ3n) is 3.45. The van der Waals surface area contributed by atoms with Crippen molar-refractivity contribution in [1.82, 2.24) is 4.98 Å². The highest BCUT2D eigenvalue weighted by Crippen LogP contribution is 2.37. The molecule has 2 aromatic rings. The minimum Gasteiger partial charge on any atom is -0.327 e. The Hall–Kier alpha value is -0.930. The van der Waals surface area contributed by atoms with Crippen molar-refractivity contribution in [2.75, 3.05) is 0 Å². The Labute approximate surface area is 99.5 Å². The van der Waals surface area contributed by atoms with E-state index in [9.17, 15) is 0 Å². The van der Waals surface area contributed by atoms with Gasteiger partial charge >= 0.3 is 0 Å². The summed E-state index contributed by atoms with van der Waals surface area (Å²) < 4.78 is 1.30. The SMILES string of the molecule is Cc1ccc2nc(C3CCCC3N)sc2c1. The quantitative estimate of drug-likeness (QED) is 0.820. The molecule has 0 bridgehead atoms. The zero-order valence-corrected chi connectivity index (χ0v) is 10.3. The molecule has 0 saturated heterocycles. The number of rotatable bonds is 1. The molecule has 1 aromatic carbocycles. The van der Waals surface area contributed by atoms with Gasteiger partial charge in [-0.15, -0.1) is 11.3 Å². The van der Waals surface area contributed by atoms with E-state index in [1.807, 2.05) is 11.3 Å². The summed E-state index contributed by atoms with van der Waals surface area (Å²) in [5, 5.41) is 1.24. The number of fused-ring (bicyclic) bond motifs is 1. The van der Waals surface area contributed by atoms with E-state index in [-0.39, 0.29) is 0 Å². The number of aryl methyl sites for hydroxylation is 1. The van der Waals surface area contributed by atoms with E-state index in [0.29, 0.717) is 12.0 Å². The lowest BCUT2D eigenvalue weighted by Gasteiger charge is -2.10. The molecule has 3 heteroatoms. The van der Waals surface area contributed by atoms with Gasteiger partial charge in [0.1, 0.15) is 0 Å². The number of benzene rings is 1. The van der Waals surface area contributed by atoms with Gasteiger partial charge in [-0.1, -0.05) is 12.5 Å². The average molecular weight is 232 g/mol. The highest BCUT2D eigenvalue weighted by Gasteiger charge is 2.27. The molecule has 0 spiro atoms. The van der Waals surface area contributed by atoms with Crippen LogP contribution in [0.5, 0.6) is 0 Å². The minimum atomic E-state index is 0.321. The average Bonchev–Trinajstić information content (AvgIpc) is 2.82. The van der Waals surface area contributed by atoms with Crippen LogP contribution in [0.3, 0.4) is 0 Å². The van der Waals surface area contributed by atoms with Gasteiger partial charge in [0.15, 0.2) is 0 Å². The number of hydrogen-bond donors (Lipinski definition) is 1. The van der Waals surface area contributed by atoms with Crippen LogP contribution in [0, 0.1) is 6.92 Å². The van der Waals surface area contributed by atoms with E-state index in [4.69, 9.17) is 10.7 Å². The first-order chi connectivity index (χ1) is 7.74. The third-order valence-corrected chi connectivity index (χ3v) is 4.60. The van der Waals surface area contributed by atoms with Crippen LogP contribution in [-0.2, 0) is 0 Å². The molecule has 2 atom stereocenters. The fraction of sp³-hybridized carbons (Fsp3) is 0.462. The molecule has 1 heterocycles. The topological polar surface area (TPSA) is 38.9 Å². The minimum absolute atomic E-state index is 0.321. The summed E-state index contributed by atoms with van der Waals surface area (Å²) in [4.78, 5) is 4.72. The monoisotopic (exact) mass is 232 g/mol.